The van der Waals surface area contributed by atoms with Gasteiger partial charge in [0.2, 0.25) is 10.7 Å². The molecular formula is C6H6N6S2. The van der Waals surface area contributed by atoms with Crippen molar-refractivity contribution < 1.29 is 0 Å². The highest BCUT2D eigenvalue weighted by Crippen LogP contribution is 2.21. The van der Waals surface area contributed by atoms with Crippen molar-refractivity contribution in [3.05, 3.63) is 10.5 Å². The number of nitrogen functional groups attached to an aromatic ring is 1. The van der Waals surface area contributed by atoms with Crippen LogP contribution in [0.5, 0.6) is 0 Å². The molecule has 0 saturated heterocycles. The zero-order valence-corrected chi connectivity index (χ0v) is 8.82. The maximum atomic E-state index is 5.51. The average molecular weight is 226 g/mol. The average Bonchev–Trinajstić information content (AvgIpc) is 2.49. The summed E-state index contributed by atoms with van der Waals surface area (Å²) in [5.41, 5.74) is 6.30. The largest absolute Gasteiger partial charge is 0.369 e. The van der Waals surface area contributed by atoms with Crippen LogP contribution in [0.1, 0.15) is 5.69 Å². The van der Waals surface area contributed by atoms with Gasteiger partial charge in [-0.25, -0.2) is 0 Å². The molecule has 0 spiro atoms. The lowest BCUT2D eigenvalue weighted by Gasteiger charge is -1.98. The van der Waals surface area contributed by atoms with Crippen LogP contribution in [0.25, 0.3) is 10.7 Å². The molecule has 0 aromatic carbocycles. The molecule has 0 aliphatic heterocycles. The van der Waals surface area contributed by atoms with Gasteiger partial charge in [0.05, 0.1) is 5.69 Å². The summed E-state index contributed by atoms with van der Waals surface area (Å²) in [6.07, 6.45) is 0. The monoisotopic (exact) mass is 226 g/mol. The Hall–Kier alpha value is -1.41. The summed E-state index contributed by atoms with van der Waals surface area (Å²) in [4.78, 5) is 11.4. The zero-order valence-electron chi connectivity index (χ0n) is 7.18. The van der Waals surface area contributed by atoms with Crippen LogP contribution in [0.15, 0.2) is 0 Å². The predicted octanol–water partition coefficient (Wildman–Crippen LogP) is 0.943. The topological polar surface area (TPSA) is 93.4 Å². The van der Waals surface area contributed by atoms with Gasteiger partial charge in [0.25, 0.3) is 0 Å². The summed E-state index contributed by atoms with van der Waals surface area (Å²) in [5.74, 6) is 0.808. The number of nitrogens with two attached hydrogens (primary N) is 1. The summed E-state index contributed by atoms with van der Waals surface area (Å²) in [7, 11) is 0. The van der Waals surface area contributed by atoms with E-state index in [0.717, 1.165) is 10.6 Å². The summed E-state index contributed by atoms with van der Waals surface area (Å²) >= 11 is 6.08. The van der Waals surface area contributed by atoms with Gasteiger partial charge in [-0.15, -0.1) is 5.10 Å². The van der Waals surface area contributed by atoms with Crippen molar-refractivity contribution in [3.63, 3.8) is 0 Å². The Balaban J connectivity index is 2.63. The van der Waals surface area contributed by atoms with E-state index in [-0.39, 0.29) is 10.7 Å². The van der Waals surface area contributed by atoms with Gasteiger partial charge in [-0.05, 0) is 30.7 Å². The molecule has 0 aliphatic carbocycles. The van der Waals surface area contributed by atoms with Crippen LogP contribution >= 0.6 is 23.8 Å². The number of nitrogens with one attached hydrogen (secondary N) is 1. The molecule has 0 bridgehead atoms. The smallest absolute Gasteiger partial charge is 0.224 e. The second kappa shape index (κ2) is 3.39. The lowest BCUT2D eigenvalue weighted by molar-refractivity contribution is 1.04. The minimum Gasteiger partial charge on any atom is -0.369 e. The first-order valence-electron chi connectivity index (χ1n) is 3.70. The molecule has 6 nitrogen and oxygen atoms in total. The van der Waals surface area contributed by atoms with Gasteiger partial charge in [0, 0.05) is 0 Å². The SMILES string of the molecule is Cc1nnsc1-c1nc(=S)nc(N)[nH]1. The van der Waals surface area contributed by atoms with Crippen molar-refractivity contribution in [2.24, 2.45) is 0 Å². The molecule has 0 saturated carbocycles. The number of rotatable bonds is 1. The summed E-state index contributed by atoms with van der Waals surface area (Å²) in [6, 6.07) is 0. The Labute approximate surface area is 88.4 Å². The Morgan fingerprint density at radius 3 is 2.79 bits per heavy atom. The fraction of sp³-hybridized carbons (Fsp3) is 0.167. The minimum atomic E-state index is 0.212. The van der Waals surface area contributed by atoms with E-state index in [1.54, 1.807) is 0 Å². The predicted molar refractivity (Wildman–Crippen MR) is 55.3 cm³/mol. The quantitative estimate of drug-likeness (QED) is 0.703. The van der Waals surface area contributed by atoms with Crippen molar-refractivity contribution in [2.75, 3.05) is 5.73 Å². The van der Waals surface area contributed by atoms with E-state index in [1.807, 2.05) is 6.92 Å². The van der Waals surface area contributed by atoms with Crippen LogP contribution < -0.4 is 5.73 Å². The minimum absolute atomic E-state index is 0.212. The highest BCUT2D eigenvalue weighted by atomic mass is 32.1. The van der Waals surface area contributed by atoms with Crippen molar-refractivity contribution in [1.82, 2.24) is 24.5 Å². The Morgan fingerprint density at radius 1 is 1.43 bits per heavy atom. The molecule has 2 aromatic rings. The number of H-pyrrole nitrogens is 1. The number of aromatic amines is 1. The van der Waals surface area contributed by atoms with E-state index in [4.69, 9.17) is 18.0 Å². The van der Waals surface area contributed by atoms with Crippen LogP contribution in [0.2, 0.25) is 0 Å². The normalized spacial score (nSPS) is 10.4. The third-order valence-electron chi connectivity index (χ3n) is 1.54. The van der Waals surface area contributed by atoms with E-state index in [9.17, 15) is 0 Å². The molecule has 0 unspecified atom stereocenters. The van der Waals surface area contributed by atoms with Crippen molar-refractivity contribution in [2.45, 2.75) is 6.92 Å². The number of anilines is 1. The summed E-state index contributed by atoms with van der Waals surface area (Å²) in [6.45, 7) is 1.84. The maximum Gasteiger partial charge on any atom is 0.224 e. The lowest BCUT2D eigenvalue weighted by Crippen LogP contribution is -1.99. The van der Waals surface area contributed by atoms with E-state index in [0.29, 0.717) is 5.82 Å². The first-order valence-corrected chi connectivity index (χ1v) is 4.88. The molecule has 0 radical (unpaired) electrons. The van der Waals surface area contributed by atoms with Crippen molar-refractivity contribution >= 4 is 29.7 Å². The third-order valence-corrected chi connectivity index (χ3v) is 2.55. The maximum absolute atomic E-state index is 5.51. The Bertz CT molecular complexity index is 515. The Kier molecular flexibility index (Phi) is 2.22. The molecular weight excluding hydrogens is 220 g/mol. The number of aromatic nitrogens is 5. The fourth-order valence-corrected chi connectivity index (χ4v) is 1.75. The molecule has 72 valence electrons. The molecule has 0 atom stereocenters. The second-order valence-corrected chi connectivity index (χ2v) is 3.67. The van der Waals surface area contributed by atoms with E-state index < -0.39 is 0 Å². The van der Waals surface area contributed by atoms with Crippen LogP contribution in [0, 0.1) is 11.7 Å². The van der Waals surface area contributed by atoms with E-state index in [1.165, 1.54) is 11.5 Å². The van der Waals surface area contributed by atoms with Crippen molar-refractivity contribution in [3.8, 4) is 10.7 Å². The Morgan fingerprint density at radius 2 is 2.21 bits per heavy atom. The van der Waals surface area contributed by atoms with Gasteiger partial charge >= 0.3 is 0 Å². The molecule has 0 fully saturated rings. The van der Waals surface area contributed by atoms with Gasteiger partial charge in [-0.2, -0.15) is 9.97 Å². The number of nitrogens with zero attached hydrogens (tertiary/aromatic N) is 4. The molecule has 0 aliphatic rings. The number of hydrogen-bond acceptors (Lipinski definition) is 7. The van der Waals surface area contributed by atoms with Gasteiger partial charge < -0.3 is 10.7 Å². The zero-order chi connectivity index (χ0) is 10.1. The molecule has 8 heteroatoms. The molecule has 3 N–H and O–H groups in total. The van der Waals surface area contributed by atoms with Gasteiger partial charge in [-0.1, -0.05) is 4.49 Å². The van der Waals surface area contributed by atoms with Gasteiger partial charge in [-0.3, -0.25) is 0 Å². The summed E-state index contributed by atoms with van der Waals surface area (Å²) in [5, 5.41) is 3.87. The molecule has 2 aromatic heterocycles. The van der Waals surface area contributed by atoms with E-state index >= 15 is 0 Å². The molecule has 2 rings (SSSR count). The van der Waals surface area contributed by atoms with Crippen molar-refractivity contribution in [1.29, 1.82) is 0 Å². The van der Waals surface area contributed by atoms with Gasteiger partial charge in [0.1, 0.15) is 4.88 Å². The number of aryl methyl sites for hydroxylation is 1. The first kappa shape index (κ1) is 9.16. The molecule has 2 heterocycles. The van der Waals surface area contributed by atoms with Crippen LogP contribution in [-0.2, 0) is 0 Å². The van der Waals surface area contributed by atoms with Crippen LogP contribution in [0.4, 0.5) is 5.95 Å². The summed E-state index contributed by atoms with van der Waals surface area (Å²) < 4.78 is 4.01. The molecule has 14 heavy (non-hydrogen) atoms. The second-order valence-electron chi connectivity index (χ2n) is 2.55. The van der Waals surface area contributed by atoms with Crippen LogP contribution in [0.3, 0.4) is 0 Å². The standard InChI is InChI=1S/C6H6N6S2/c1-2-3(14-12-11-2)4-8-5(7)10-6(13)9-4/h1H3,(H3,7,8,9,10,13). The van der Waals surface area contributed by atoms with Crippen LogP contribution in [-0.4, -0.2) is 24.5 Å². The van der Waals surface area contributed by atoms with Gasteiger partial charge in [0.15, 0.2) is 5.82 Å². The fourth-order valence-electron chi connectivity index (χ4n) is 0.957. The number of hydrogen-bond donors (Lipinski definition) is 2. The first-order chi connectivity index (χ1) is 6.66. The highest BCUT2D eigenvalue weighted by Gasteiger charge is 2.08. The van der Waals surface area contributed by atoms with E-state index in [2.05, 4.69) is 24.5 Å². The third kappa shape index (κ3) is 1.61. The highest BCUT2D eigenvalue weighted by molar-refractivity contribution is 7.71. The lowest BCUT2D eigenvalue weighted by atomic mass is 10.4. The molecule has 0 amide bonds.